The molecule has 0 atom stereocenters. The van der Waals surface area contributed by atoms with Crippen molar-refractivity contribution in [2.24, 2.45) is 5.92 Å². The van der Waals surface area contributed by atoms with Crippen molar-refractivity contribution in [3.05, 3.63) is 17.0 Å². The van der Waals surface area contributed by atoms with E-state index in [-0.39, 0.29) is 18.1 Å². The summed E-state index contributed by atoms with van der Waals surface area (Å²) in [6, 6.07) is 2.08. The highest BCUT2D eigenvalue weighted by Crippen LogP contribution is 2.36. The number of thiophene rings is 1. The molecule has 2 aromatic rings. The Morgan fingerprint density at radius 1 is 1.27 bits per heavy atom. The maximum absolute atomic E-state index is 12.3. The van der Waals surface area contributed by atoms with Crippen molar-refractivity contribution in [3.8, 4) is 0 Å². The van der Waals surface area contributed by atoms with Crippen LogP contribution in [0.5, 0.6) is 0 Å². The van der Waals surface area contributed by atoms with Crippen LogP contribution >= 0.6 is 11.3 Å². The second-order valence-corrected chi connectivity index (χ2v) is 9.10. The van der Waals surface area contributed by atoms with Crippen LogP contribution in [0.4, 0.5) is 16.3 Å². The Kier molecular flexibility index (Phi) is 5.99. The summed E-state index contributed by atoms with van der Waals surface area (Å²) in [5, 5.41) is 7.43. The lowest BCUT2D eigenvalue weighted by molar-refractivity contribution is 0.0829. The number of aromatic nitrogens is 1. The molecule has 4 rings (SSSR count). The monoisotopic (exact) mass is 431 g/mol. The maximum atomic E-state index is 12.3. The van der Waals surface area contributed by atoms with Crippen LogP contribution in [0.3, 0.4) is 0 Å². The number of ether oxygens (including phenoxy) is 1. The summed E-state index contributed by atoms with van der Waals surface area (Å²) in [4.78, 5) is 33.3. The smallest absolute Gasteiger partial charge is 0.407 e. The first-order chi connectivity index (χ1) is 14.5. The number of fused-ring (bicyclic) bond motifs is 1. The molecule has 1 saturated heterocycles. The molecular formula is C21H29N5O3S. The topological polar surface area (TPSA) is 86.8 Å². The maximum Gasteiger partial charge on any atom is 0.407 e. The number of alkyl carbamates (subject to hydrolysis) is 1. The third-order valence-corrected chi connectivity index (χ3v) is 6.71. The minimum atomic E-state index is -0.303. The number of pyridine rings is 1. The van der Waals surface area contributed by atoms with Gasteiger partial charge in [0.25, 0.3) is 5.91 Å². The van der Waals surface area contributed by atoms with E-state index in [4.69, 9.17) is 9.72 Å². The Hall–Kier alpha value is -2.55. The van der Waals surface area contributed by atoms with Crippen LogP contribution < -0.4 is 20.4 Å². The van der Waals surface area contributed by atoms with Gasteiger partial charge in [-0.1, -0.05) is 0 Å². The second kappa shape index (κ2) is 8.67. The summed E-state index contributed by atoms with van der Waals surface area (Å²) < 4.78 is 6.59. The van der Waals surface area contributed by atoms with Crippen molar-refractivity contribution >= 4 is 45.1 Å². The predicted octanol–water partition coefficient (Wildman–Crippen LogP) is 2.83. The highest BCUT2D eigenvalue weighted by Gasteiger charge is 2.26. The van der Waals surface area contributed by atoms with Crippen molar-refractivity contribution < 1.29 is 14.3 Å². The third-order valence-electron chi connectivity index (χ3n) is 5.71. The Balaban J connectivity index is 1.46. The van der Waals surface area contributed by atoms with E-state index in [1.807, 2.05) is 19.5 Å². The molecule has 2 N–H and O–H groups in total. The summed E-state index contributed by atoms with van der Waals surface area (Å²) in [7, 11) is 5.63. The molecule has 1 aliphatic carbocycles. The SMILES string of the molecule is CNC(=O)c1csc2c(N(C)C)cc(N3CCC(OC(=O)NCC4CC4)CC3)nc12. The van der Waals surface area contributed by atoms with Crippen LogP contribution in [0.1, 0.15) is 36.0 Å². The summed E-state index contributed by atoms with van der Waals surface area (Å²) in [6.45, 7) is 2.24. The number of carbonyl (C=O) groups is 2. The molecule has 30 heavy (non-hydrogen) atoms. The molecule has 0 spiro atoms. The zero-order valence-corrected chi connectivity index (χ0v) is 18.6. The average Bonchev–Trinajstić information content (AvgIpc) is 3.48. The van der Waals surface area contributed by atoms with Gasteiger partial charge in [-0.25, -0.2) is 9.78 Å². The Morgan fingerprint density at radius 3 is 2.63 bits per heavy atom. The lowest BCUT2D eigenvalue weighted by Crippen LogP contribution is -2.40. The molecule has 0 aromatic carbocycles. The minimum Gasteiger partial charge on any atom is -0.446 e. The van der Waals surface area contributed by atoms with E-state index in [2.05, 4.69) is 26.5 Å². The Morgan fingerprint density at radius 2 is 2.00 bits per heavy atom. The van der Waals surface area contributed by atoms with Gasteiger partial charge in [0, 0.05) is 65.1 Å². The highest BCUT2D eigenvalue weighted by atomic mass is 32.1. The number of amides is 2. The van der Waals surface area contributed by atoms with Gasteiger partial charge < -0.3 is 25.2 Å². The molecule has 0 bridgehead atoms. The van der Waals surface area contributed by atoms with Crippen LogP contribution in [0, 0.1) is 5.92 Å². The quantitative estimate of drug-likeness (QED) is 0.731. The van der Waals surface area contributed by atoms with Crippen LogP contribution in [0.2, 0.25) is 0 Å². The van der Waals surface area contributed by atoms with Crippen molar-refractivity contribution in [2.75, 3.05) is 50.6 Å². The molecule has 8 nitrogen and oxygen atoms in total. The van der Waals surface area contributed by atoms with E-state index in [0.717, 1.165) is 54.2 Å². The first-order valence-electron chi connectivity index (χ1n) is 10.5. The molecule has 0 radical (unpaired) electrons. The van der Waals surface area contributed by atoms with Crippen molar-refractivity contribution in [1.82, 2.24) is 15.6 Å². The van der Waals surface area contributed by atoms with E-state index in [0.29, 0.717) is 11.5 Å². The summed E-state index contributed by atoms with van der Waals surface area (Å²) in [6.07, 6.45) is 3.57. The van der Waals surface area contributed by atoms with Gasteiger partial charge in [-0.05, 0) is 18.8 Å². The molecule has 162 valence electrons. The van der Waals surface area contributed by atoms with Gasteiger partial charge in [-0.15, -0.1) is 11.3 Å². The lowest BCUT2D eigenvalue weighted by Gasteiger charge is -2.33. The molecular weight excluding hydrogens is 402 g/mol. The predicted molar refractivity (Wildman–Crippen MR) is 120 cm³/mol. The number of nitrogens with one attached hydrogen (secondary N) is 2. The van der Waals surface area contributed by atoms with Crippen molar-refractivity contribution in [1.29, 1.82) is 0 Å². The molecule has 2 aromatic heterocycles. The number of hydrogen-bond donors (Lipinski definition) is 2. The number of rotatable bonds is 6. The van der Waals surface area contributed by atoms with Gasteiger partial charge in [-0.2, -0.15) is 0 Å². The largest absolute Gasteiger partial charge is 0.446 e. The first kappa shape index (κ1) is 20.7. The fourth-order valence-corrected chi connectivity index (χ4v) is 4.80. The van der Waals surface area contributed by atoms with Gasteiger partial charge in [0.05, 0.1) is 21.5 Å². The fraction of sp³-hybridized carbons (Fsp3) is 0.571. The Bertz CT molecular complexity index is 932. The van der Waals surface area contributed by atoms with E-state index >= 15 is 0 Å². The third kappa shape index (κ3) is 4.45. The molecule has 2 fully saturated rings. The van der Waals surface area contributed by atoms with Crippen molar-refractivity contribution in [2.45, 2.75) is 31.8 Å². The number of piperidine rings is 1. The number of hydrogen-bond acceptors (Lipinski definition) is 7. The number of carbonyl (C=O) groups excluding carboxylic acids is 2. The number of nitrogens with zero attached hydrogens (tertiary/aromatic N) is 3. The van der Waals surface area contributed by atoms with Crippen LogP contribution in [0.15, 0.2) is 11.4 Å². The van der Waals surface area contributed by atoms with Gasteiger partial charge in [0.2, 0.25) is 0 Å². The van der Waals surface area contributed by atoms with E-state index in [9.17, 15) is 9.59 Å². The first-order valence-corrected chi connectivity index (χ1v) is 11.3. The fourth-order valence-electron chi connectivity index (χ4n) is 3.71. The normalized spacial score (nSPS) is 17.1. The standard InChI is InChI=1S/C21H29N5O3S/c1-22-20(27)15-12-30-19-16(25(2)3)10-17(24-18(15)19)26-8-6-14(7-9-26)29-21(28)23-11-13-4-5-13/h10,12-14H,4-9,11H2,1-3H3,(H,22,27)(H,23,28). The summed E-state index contributed by atoms with van der Waals surface area (Å²) in [5.74, 6) is 1.37. The molecule has 1 aliphatic heterocycles. The molecule has 3 heterocycles. The average molecular weight is 432 g/mol. The Labute approximate surface area is 180 Å². The van der Waals surface area contributed by atoms with Crippen LogP contribution in [0.25, 0.3) is 10.2 Å². The summed E-state index contributed by atoms with van der Waals surface area (Å²) in [5.41, 5.74) is 2.39. The second-order valence-electron chi connectivity index (χ2n) is 8.22. The number of anilines is 2. The van der Waals surface area contributed by atoms with Gasteiger partial charge in [0.1, 0.15) is 11.9 Å². The molecule has 2 amide bonds. The zero-order valence-electron chi connectivity index (χ0n) is 17.7. The van der Waals surface area contributed by atoms with Crippen molar-refractivity contribution in [3.63, 3.8) is 0 Å². The summed E-state index contributed by atoms with van der Waals surface area (Å²) >= 11 is 1.54. The highest BCUT2D eigenvalue weighted by molar-refractivity contribution is 7.18. The van der Waals surface area contributed by atoms with Gasteiger partial charge in [-0.3, -0.25) is 4.79 Å². The van der Waals surface area contributed by atoms with E-state index in [1.54, 1.807) is 7.05 Å². The van der Waals surface area contributed by atoms with E-state index in [1.165, 1.54) is 24.2 Å². The molecule has 2 aliphatic rings. The van der Waals surface area contributed by atoms with Crippen LogP contribution in [-0.2, 0) is 4.74 Å². The molecule has 9 heteroatoms. The molecule has 0 unspecified atom stereocenters. The van der Waals surface area contributed by atoms with Crippen LogP contribution in [-0.4, -0.2) is 63.9 Å². The molecule has 1 saturated carbocycles. The van der Waals surface area contributed by atoms with E-state index < -0.39 is 0 Å². The van der Waals surface area contributed by atoms with Gasteiger partial charge >= 0.3 is 6.09 Å². The zero-order chi connectivity index (χ0) is 21.3. The lowest BCUT2D eigenvalue weighted by atomic mass is 10.1. The van der Waals surface area contributed by atoms with Gasteiger partial charge in [0.15, 0.2) is 0 Å². The minimum absolute atomic E-state index is 0.0694.